The lowest BCUT2D eigenvalue weighted by molar-refractivity contribution is -0.103. The maximum Gasteiger partial charge on any atom is 0.264 e. The summed E-state index contributed by atoms with van der Waals surface area (Å²) in [5.41, 5.74) is 2.58. The number of halogens is 1. The first kappa shape index (κ1) is 35.7. The van der Waals surface area contributed by atoms with E-state index in [1.807, 2.05) is 45.0 Å². The summed E-state index contributed by atoms with van der Waals surface area (Å²) < 4.78 is 42.0. The van der Waals surface area contributed by atoms with Crippen LogP contribution in [0.25, 0.3) is 0 Å². The molecule has 2 aliphatic heterocycles. The van der Waals surface area contributed by atoms with E-state index in [-0.39, 0.29) is 29.2 Å². The second kappa shape index (κ2) is 14.9. The van der Waals surface area contributed by atoms with Gasteiger partial charge in [0.2, 0.25) is 10.0 Å². The van der Waals surface area contributed by atoms with Crippen LogP contribution in [0, 0.1) is 23.7 Å². The van der Waals surface area contributed by atoms with Gasteiger partial charge in [0.25, 0.3) is 5.91 Å². The smallest absolute Gasteiger partial charge is 0.264 e. The molecule has 6 atom stereocenters. The molecule has 258 valence electrons. The van der Waals surface area contributed by atoms with E-state index in [9.17, 15) is 18.3 Å². The summed E-state index contributed by atoms with van der Waals surface area (Å²) in [6, 6.07) is 11.1. The highest BCUT2D eigenvalue weighted by Gasteiger charge is 2.48. The van der Waals surface area contributed by atoms with Gasteiger partial charge in [-0.3, -0.25) is 4.79 Å². The van der Waals surface area contributed by atoms with Crippen LogP contribution >= 0.6 is 11.6 Å². The zero-order chi connectivity index (χ0) is 33.9. The van der Waals surface area contributed by atoms with Gasteiger partial charge in [-0.05, 0) is 111 Å². The molecule has 2 aromatic rings. The van der Waals surface area contributed by atoms with Crippen LogP contribution in [0.2, 0.25) is 5.02 Å². The number of aliphatic hydroxyl groups is 1. The lowest BCUT2D eigenvalue weighted by Gasteiger charge is -2.50. The monoisotopic (exact) mass is 686 g/mol. The van der Waals surface area contributed by atoms with Gasteiger partial charge >= 0.3 is 0 Å². The number of aliphatic hydroxyl groups excluding tert-OH is 1. The Morgan fingerprint density at radius 3 is 2.62 bits per heavy atom. The molecule has 2 heterocycles. The number of nitrogens with one attached hydrogen (secondary N) is 1. The number of rotatable bonds is 4. The predicted octanol–water partition coefficient (Wildman–Crippen LogP) is 6.92. The molecule has 0 saturated heterocycles. The van der Waals surface area contributed by atoms with Gasteiger partial charge in [-0.25, -0.2) is 13.1 Å². The zero-order valence-corrected chi connectivity index (χ0v) is 29.9. The Hall–Kier alpha value is -2.59. The van der Waals surface area contributed by atoms with Crippen molar-refractivity contribution in [2.45, 2.75) is 96.2 Å². The predicted molar refractivity (Wildman–Crippen MR) is 188 cm³/mol. The van der Waals surface area contributed by atoms with Crippen molar-refractivity contribution in [3.05, 3.63) is 70.3 Å². The second-order valence-electron chi connectivity index (χ2n) is 14.2. The quantitative estimate of drug-likeness (QED) is 0.336. The highest BCUT2D eigenvalue weighted by molar-refractivity contribution is 7.90. The summed E-state index contributed by atoms with van der Waals surface area (Å²) in [5, 5.41) is 11.0. The Bertz CT molecular complexity index is 1560. The first-order valence-electron chi connectivity index (χ1n) is 17.1. The van der Waals surface area contributed by atoms with Crippen molar-refractivity contribution in [3.63, 3.8) is 0 Å². The van der Waals surface area contributed by atoms with Crippen molar-refractivity contribution in [2.75, 3.05) is 25.1 Å². The van der Waals surface area contributed by atoms with Crippen LogP contribution in [-0.4, -0.2) is 56.6 Å². The maximum atomic E-state index is 13.5. The van der Waals surface area contributed by atoms with E-state index < -0.39 is 32.9 Å². The first-order valence-corrected chi connectivity index (χ1v) is 19.0. The average molecular weight is 687 g/mol. The molecule has 5 rings (SSSR count). The van der Waals surface area contributed by atoms with Gasteiger partial charge in [-0.1, -0.05) is 50.6 Å². The van der Waals surface area contributed by atoms with Crippen LogP contribution in [0.5, 0.6) is 5.75 Å². The largest absolute Gasteiger partial charge is 0.487 e. The minimum absolute atomic E-state index is 0.0643. The van der Waals surface area contributed by atoms with Crippen molar-refractivity contribution in [3.8, 4) is 5.75 Å². The van der Waals surface area contributed by atoms with Crippen molar-refractivity contribution in [1.82, 2.24) is 4.72 Å². The number of carbonyl (C=O) groups excluding carboxylic acids is 1. The lowest BCUT2D eigenvalue weighted by Crippen LogP contribution is -2.52. The molecule has 8 nitrogen and oxygen atoms in total. The molecule has 0 aromatic heterocycles. The molecule has 10 heteroatoms. The number of methoxy groups -OCH3 is 1. The van der Waals surface area contributed by atoms with Crippen LogP contribution in [0.15, 0.2) is 48.6 Å². The number of benzene rings is 2. The number of anilines is 1. The topological polar surface area (TPSA) is 105 Å². The Morgan fingerprint density at radius 2 is 1.91 bits per heavy atom. The minimum Gasteiger partial charge on any atom is -0.487 e. The number of amides is 1. The zero-order valence-electron chi connectivity index (χ0n) is 28.4. The van der Waals surface area contributed by atoms with E-state index in [1.54, 1.807) is 32.2 Å². The van der Waals surface area contributed by atoms with Gasteiger partial charge in [-0.15, -0.1) is 0 Å². The van der Waals surface area contributed by atoms with E-state index in [0.29, 0.717) is 36.8 Å². The molecule has 2 aromatic carbocycles. The molecule has 0 unspecified atom stereocenters. The lowest BCUT2D eigenvalue weighted by atomic mass is 9.62. The number of nitrogens with zero attached hydrogens (tertiary/aromatic N) is 1. The molecule has 1 fully saturated rings. The van der Waals surface area contributed by atoms with E-state index >= 15 is 0 Å². The molecular formula is C37H51ClN2O6S. The third-order valence-electron chi connectivity index (χ3n) is 10.8. The van der Waals surface area contributed by atoms with Crippen LogP contribution < -0.4 is 14.4 Å². The molecule has 47 heavy (non-hydrogen) atoms. The fourth-order valence-corrected chi connectivity index (χ4v) is 8.74. The van der Waals surface area contributed by atoms with E-state index in [4.69, 9.17) is 21.1 Å². The van der Waals surface area contributed by atoms with Crippen molar-refractivity contribution < 1.29 is 27.8 Å². The van der Waals surface area contributed by atoms with Crippen LogP contribution in [0.3, 0.4) is 0 Å². The highest BCUT2D eigenvalue weighted by Crippen LogP contribution is 2.48. The van der Waals surface area contributed by atoms with Gasteiger partial charge < -0.3 is 19.5 Å². The average Bonchev–Trinajstić information content (AvgIpc) is 3.04. The fourth-order valence-electron chi connectivity index (χ4n) is 7.26. The number of allylic oxidation sites excluding steroid dienone is 1. The molecule has 1 amide bonds. The molecular weight excluding hydrogens is 636 g/mol. The number of carbonyl (C=O) groups is 1. The molecule has 3 aliphatic rings. The number of hydrogen-bond acceptors (Lipinski definition) is 7. The van der Waals surface area contributed by atoms with Gasteiger partial charge in [0.15, 0.2) is 0 Å². The van der Waals surface area contributed by atoms with Crippen LogP contribution in [0.4, 0.5) is 5.69 Å². The SMILES string of the molecule is CO[C@]1(C[C@H](O)C(C)C)/C=C/C[C@H](C)[C@@H](C)S(=O)(=O)NC(=O)c2ccc3c(c2)N(CCCCc2cc(Cl)ccc2CO3)C[C@@H]2CC[C@H]21. The Labute approximate surface area is 285 Å². The van der Waals surface area contributed by atoms with Gasteiger partial charge in [0.05, 0.1) is 22.6 Å². The second-order valence-corrected chi connectivity index (χ2v) is 16.7. The summed E-state index contributed by atoms with van der Waals surface area (Å²) in [6.45, 7) is 9.35. The molecule has 2 bridgehead atoms. The van der Waals surface area contributed by atoms with Gasteiger partial charge in [0, 0.05) is 37.2 Å². The van der Waals surface area contributed by atoms with Gasteiger partial charge in [0.1, 0.15) is 12.4 Å². The molecule has 1 saturated carbocycles. The summed E-state index contributed by atoms with van der Waals surface area (Å²) in [7, 11) is -2.24. The number of aryl methyl sites for hydroxylation is 1. The number of ether oxygens (including phenoxy) is 2. The van der Waals surface area contributed by atoms with Crippen LogP contribution in [-0.2, 0) is 27.8 Å². The normalized spacial score (nSPS) is 29.6. The minimum atomic E-state index is -3.97. The first-order chi connectivity index (χ1) is 22.3. The highest BCUT2D eigenvalue weighted by atomic mass is 35.5. The molecule has 0 spiro atoms. The van der Waals surface area contributed by atoms with Crippen molar-refractivity contribution in [2.24, 2.45) is 23.7 Å². The summed E-state index contributed by atoms with van der Waals surface area (Å²) in [5.74, 6) is 0.220. The fraction of sp³-hybridized carbons (Fsp3) is 0.595. The van der Waals surface area contributed by atoms with Crippen molar-refractivity contribution in [1.29, 1.82) is 0 Å². The summed E-state index contributed by atoms with van der Waals surface area (Å²) in [4.78, 5) is 15.8. The molecule has 2 N–H and O–H groups in total. The summed E-state index contributed by atoms with van der Waals surface area (Å²) in [6.07, 6.45) is 9.21. The van der Waals surface area contributed by atoms with E-state index in [2.05, 4.69) is 15.7 Å². The van der Waals surface area contributed by atoms with Gasteiger partial charge in [-0.2, -0.15) is 0 Å². The Morgan fingerprint density at radius 1 is 1.13 bits per heavy atom. The molecule has 1 aliphatic carbocycles. The van der Waals surface area contributed by atoms with Crippen molar-refractivity contribution >= 4 is 33.2 Å². The number of hydrogen-bond donors (Lipinski definition) is 2. The number of sulfonamides is 1. The maximum absolute atomic E-state index is 13.5. The van der Waals surface area contributed by atoms with Crippen LogP contribution in [0.1, 0.15) is 87.7 Å². The van der Waals surface area contributed by atoms with E-state index in [0.717, 1.165) is 49.9 Å². The third kappa shape index (κ3) is 8.01. The standard InChI is InChI=1S/C37H51ClN2O6S/c1-24(2)34(41)21-37(45-5)17-8-9-25(3)26(4)47(43,44)39-36(42)28-13-16-35-33(20-28)40(22-29-12-15-32(29)37)18-7-6-10-27-19-31(38)14-11-30(27)23-46-35/h8,11,13-14,16-17,19-20,24-26,29,32,34,41H,6-7,9-10,12,15,18,21-23H2,1-5H3,(H,39,42)/b17-8+/t25-,26+,29-,32+,34-,37-/m0/s1. The summed E-state index contributed by atoms with van der Waals surface area (Å²) >= 11 is 6.36. The third-order valence-corrected chi connectivity index (χ3v) is 13.0. The Balaban J connectivity index is 1.59. The Kier molecular flexibility index (Phi) is 11.3. The van der Waals surface area contributed by atoms with E-state index in [1.165, 1.54) is 5.56 Å². The molecule has 0 radical (unpaired) electrons. The number of fused-ring (bicyclic) bond motifs is 3.